The number of hydrogen-bond donors (Lipinski definition) is 2. The summed E-state index contributed by atoms with van der Waals surface area (Å²) in [5, 5.41) is 0. The van der Waals surface area contributed by atoms with E-state index in [1.807, 2.05) is 0 Å². The fourth-order valence-corrected chi connectivity index (χ4v) is 2.73. The van der Waals surface area contributed by atoms with Crippen LogP contribution in [0, 0.1) is 5.41 Å². The molecule has 1 aliphatic carbocycles. The van der Waals surface area contributed by atoms with E-state index in [0.29, 0.717) is 5.56 Å². The molecule has 22 heavy (non-hydrogen) atoms. The highest BCUT2D eigenvalue weighted by atomic mass is 19.4. The summed E-state index contributed by atoms with van der Waals surface area (Å²) >= 11 is 0. The predicted octanol–water partition coefficient (Wildman–Crippen LogP) is 3.59. The Labute approximate surface area is 122 Å². The van der Waals surface area contributed by atoms with Gasteiger partial charge < -0.3 is 11.5 Å². The van der Waals surface area contributed by atoms with Gasteiger partial charge >= 0.3 is 12.4 Å². The number of halogens is 6. The summed E-state index contributed by atoms with van der Waals surface area (Å²) in [6, 6.07) is 7.93. The summed E-state index contributed by atoms with van der Waals surface area (Å²) in [4.78, 5) is 0. The van der Waals surface area contributed by atoms with E-state index in [2.05, 4.69) is 0 Å². The topological polar surface area (TPSA) is 52.0 Å². The average molecular weight is 324 g/mol. The van der Waals surface area contributed by atoms with Crippen LogP contribution in [0.5, 0.6) is 0 Å². The molecule has 1 aromatic rings. The molecule has 0 saturated heterocycles. The molecule has 0 bridgehead atoms. The van der Waals surface area contributed by atoms with Crippen LogP contribution < -0.4 is 11.5 Å². The van der Waals surface area contributed by atoms with Crippen LogP contribution >= 0.6 is 0 Å². The third kappa shape index (κ3) is 2.61. The molecule has 2 nitrogen and oxygen atoms in total. The molecule has 1 aromatic carbocycles. The minimum Gasteiger partial charge on any atom is -0.310 e. The smallest absolute Gasteiger partial charge is 0.310 e. The zero-order valence-electron chi connectivity index (χ0n) is 11.3. The maximum atomic E-state index is 13.1. The number of alkyl halides is 6. The van der Waals surface area contributed by atoms with E-state index in [4.69, 9.17) is 11.5 Å². The van der Waals surface area contributed by atoms with Crippen LogP contribution in [0.25, 0.3) is 5.57 Å². The number of hydrogen-bond acceptors (Lipinski definition) is 2. The molecule has 0 unspecified atom stereocenters. The molecule has 8 heteroatoms. The largest absolute Gasteiger partial charge is 0.403 e. The summed E-state index contributed by atoms with van der Waals surface area (Å²) in [5.74, 6) is 0. The van der Waals surface area contributed by atoms with Crippen molar-refractivity contribution in [2.45, 2.75) is 30.9 Å². The molecule has 0 heterocycles. The molecule has 0 spiro atoms. The number of nitrogens with two attached hydrogens (primary N) is 2. The van der Waals surface area contributed by atoms with Crippen LogP contribution in [0.15, 0.2) is 36.4 Å². The van der Waals surface area contributed by atoms with E-state index in [0.717, 1.165) is 6.08 Å². The summed E-state index contributed by atoms with van der Waals surface area (Å²) in [7, 11) is 0. The van der Waals surface area contributed by atoms with E-state index in [-0.39, 0.29) is 5.57 Å². The second-order valence-corrected chi connectivity index (χ2v) is 5.48. The molecule has 0 aliphatic heterocycles. The molecule has 0 fully saturated rings. The third-order valence-electron chi connectivity index (χ3n) is 3.92. The van der Waals surface area contributed by atoms with Gasteiger partial charge in [-0.15, -0.1) is 0 Å². The third-order valence-corrected chi connectivity index (χ3v) is 3.92. The number of allylic oxidation sites excluding steroid dienone is 1. The quantitative estimate of drug-likeness (QED) is 0.613. The normalized spacial score (nSPS) is 21.4. The van der Waals surface area contributed by atoms with Crippen LogP contribution in [0.4, 0.5) is 26.3 Å². The van der Waals surface area contributed by atoms with Crippen molar-refractivity contribution < 1.29 is 26.3 Å². The van der Waals surface area contributed by atoms with Gasteiger partial charge in [-0.05, 0) is 17.6 Å². The molecule has 122 valence electrons. The fraction of sp³-hybridized carbons (Fsp3) is 0.429. The van der Waals surface area contributed by atoms with Gasteiger partial charge in [-0.1, -0.05) is 36.4 Å². The van der Waals surface area contributed by atoms with Crippen molar-refractivity contribution in [3.63, 3.8) is 0 Å². The van der Waals surface area contributed by atoms with Crippen molar-refractivity contribution in [3.05, 3.63) is 42.0 Å². The van der Waals surface area contributed by atoms with E-state index in [9.17, 15) is 26.3 Å². The zero-order chi connectivity index (χ0) is 16.8. The Kier molecular flexibility index (Phi) is 3.81. The Hall–Kier alpha value is -1.54. The summed E-state index contributed by atoms with van der Waals surface area (Å²) in [6.45, 7) is 0. The fourth-order valence-electron chi connectivity index (χ4n) is 2.73. The maximum Gasteiger partial charge on any atom is 0.403 e. The first-order chi connectivity index (χ1) is 9.91. The van der Waals surface area contributed by atoms with E-state index in [1.165, 1.54) is 12.1 Å². The Bertz CT molecular complexity index is 557. The van der Waals surface area contributed by atoms with Gasteiger partial charge in [0.1, 0.15) is 0 Å². The molecule has 2 rings (SSSR count). The van der Waals surface area contributed by atoms with Gasteiger partial charge in [0.05, 0.1) is 5.66 Å². The monoisotopic (exact) mass is 324 g/mol. The molecule has 0 saturated carbocycles. The van der Waals surface area contributed by atoms with Gasteiger partial charge in [-0.25, -0.2) is 0 Å². The van der Waals surface area contributed by atoms with Crippen molar-refractivity contribution in [2.24, 2.45) is 16.9 Å². The standard InChI is InChI=1S/C14H14F6N2/c15-13(16,17)11(14(18,19)20)7-6-10(12(21,22)8-11)9-4-2-1-3-5-9/h1-6H,7-8,21-22H2. The molecule has 4 N–H and O–H groups in total. The van der Waals surface area contributed by atoms with E-state index >= 15 is 0 Å². The lowest BCUT2D eigenvalue weighted by atomic mass is 9.68. The second kappa shape index (κ2) is 4.99. The highest BCUT2D eigenvalue weighted by Gasteiger charge is 2.72. The molecular formula is C14H14F6N2. The van der Waals surface area contributed by atoms with E-state index < -0.39 is 36.3 Å². The van der Waals surface area contributed by atoms with Gasteiger partial charge in [0, 0.05) is 6.42 Å². The van der Waals surface area contributed by atoms with Crippen LogP contribution in [0.2, 0.25) is 0 Å². The molecular weight excluding hydrogens is 310 g/mol. The van der Waals surface area contributed by atoms with Gasteiger partial charge in [0.25, 0.3) is 0 Å². The SMILES string of the molecule is NC1(N)CC(C(F)(F)F)(C(F)(F)F)CC=C1c1ccccc1. The Balaban J connectivity index is 2.54. The zero-order valence-corrected chi connectivity index (χ0v) is 11.3. The lowest BCUT2D eigenvalue weighted by molar-refractivity contribution is -0.346. The molecule has 0 radical (unpaired) electrons. The lowest BCUT2D eigenvalue weighted by Crippen LogP contribution is -2.62. The van der Waals surface area contributed by atoms with Crippen LogP contribution in [0.1, 0.15) is 18.4 Å². The van der Waals surface area contributed by atoms with Crippen LogP contribution in [-0.2, 0) is 0 Å². The first-order valence-corrected chi connectivity index (χ1v) is 6.38. The first kappa shape index (κ1) is 16.8. The Morgan fingerprint density at radius 2 is 1.36 bits per heavy atom. The summed E-state index contributed by atoms with van der Waals surface area (Å²) in [5.41, 5.74) is 5.59. The highest BCUT2D eigenvalue weighted by Crippen LogP contribution is 2.59. The molecule has 1 aliphatic rings. The van der Waals surface area contributed by atoms with Crippen molar-refractivity contribution in [1.29, 1.82) is 0 Å². The maximum absolute atomic E-state index is 13.1. The minimum absolute atomic E-state index is 0.0808. The molecule has 0 atom stereocenters. The van der Waals surface area contributed by atoms with Gasteiger partial charge in [-0.3, -0.25) is 0 Å². The predicted molar refractivity (Wildman–Crippen MR) is 69.3 cm³/mol. The molecule has 0 amide bonds. The van der Waals surface area contributed by atoms with Crippen molar-refractivity contribution in [3.8, 4) is 0 Å². The van der Waals surface area contributed by atoms with Crippen molar-refractivity contribution >= 4 is 5.57 Å². The lowest BCUT2D eigenvalue weighted by Gasteiger charge is -2.45. The Morgan fingerprint density at radius 1 is 0.864 bits per heavy atom. The summed E-state index contributed by atoms with van der Waals surface area (Å²) in [6.07, 6.45) is -12.8. The second-order valence-electron chi connectivity index (χ2n) is 5.48. The van der Waals surface area contributed by atoms with Crippen molar-refractivity contribution in [2.75, 3.05) is 0 Å². The van der Waals surface area contributed by atoms with Gasteiger partial charge in [0.15, 0.2) is 5.41 Å². The number of rotatable bonds is 1. The highest BCUT2D eigenvalue weighted by molar-refractivity contribution is 5.73. The first-order valence-electron chi connectivity index (χ1n) is 6.38. The van der Waals surface area contributed by atoms with Gasteiger partial charge in [0.2, 0.25) is 0 Å². The van der Waals surface area contributed by atoms with Crippen LogP contribution in [-0.4, -0.2) is 18.0 Å². The average Bonchev–Trinajstić information content (AvgIpc) is 2.35. The Morgan fingerprint density at radius 3 is 1.77 bits per heavy atom. The summed E-state index contributed by atoms with van der Waals surface area (Å²) < 4.78 is 78.6. The molecule has 0 aromatic heterocycles. The number of benzene rings is 1. The minimum atomic E-state index is -5.49. The van der Waals surface area contributed by atoms with Crippen molar-refractivity contribution in [1.82, 2.24) is 0 Å². The van der Waals surface area contributed by atoms with Crippen LogP contribution in [0.3, 0.4) is 0 Å². The van der Waals surface area contributed by atoms with E-state index in [1.54, 1.807) is 18.2 Å². The van der Waals surface area contributed by atoms with Gasteiger partial charge in [-0.2, -0.15) is 26.3 Å².